The van der Waals surface area contributed by atoms with E-state index in [0.717, 1.165) is 45.2 Å². The monoisotopic (exact) mass is 403 g/mol. The normalized spacial score (nSPS) is 23.0. The second-order valence-electron chi connectivity index (χ2n) is 8.13. The zero-order chi connectivity index (χ0) is 20.5. The van der Waals surface area contributed by atoms with Crippen molar-refractivity contribution < 1.29 is 13.2 Å². The Morgan fingerprint density at radius 3 is 2.41 bits per heavy atom. The lowest BCUT2D eigenvalue weighted by atomic mass is 10.0. The third kappa shape index (κ3) is 3.93. The minimum atomic E-state index is -1.39. The first-order valence-corrected chi connectivity index (χ1v) is 10.4. The fraction of sp³-hybridized carbons (Fsp3) is 0.478. The minimum Gasteiger partial charge on any atom is -0.301 e. The van der Waals surface area contributed by atoms with Gasteiger partial charge in [-0.1, -0.05) is 37.3 Å². The van der Waals surface area contributed by atoms with Crippen LogP contribution in [-0.4, -0.2) is 60.5 Å². The molecular formula is C23H28F3N3. The standard InChI is InChI=1S/C23H28F3N3/c1-3-28-10-12-29(13-11-28)23-18-7-5-4-6-16(18)14-20(23)27(2)15-17-8-9-19(24)22(26)21(17)25/h4-9,20,23H,3,10-15H2,1-2H3. The van der Waals surface area contributed by atoms with Crippen molar-refractivity contribution in [2.45, 2.75) is 32.0 Å². The highest BCUT2D eigenvalue weighted by atomic mass is 19.2. The molecule has 2 aromatic carbocycles. The summed E-state index contributed by atoms with van der Waals surface area (Å²) >= 11 is 0. The van der Waals surface area contributed by atoms with E-state index >= 15 is 0 Å². The van der Waals surface area contributed by atoms with Gasteiger partial charge >= 0.3 is 0 Å². The minimum absolute atomic E-state index is 0.160. The van der Waals surface area contributed by atoms with Crippen molar-refractivity contribution in [2.75, 3.05) is 39.8 Å². The predicted molar refractivity (Wildman–Crippen MR) is 108 cm³/mol. The molecule has 0 spiro atoms. The fourth-order valence-electron chi connectivity index (χ4n) is 4.82. The highest BCUT2D eigenvalue weighted by Gasteiger charge is 2.39. The number of benzene rings is 2. The molecule has 0 bridgehead atoms. The maximum atomic E-state index is 14.2. The Labute approximate surface area is 170 Å². The Morgan fingerprint density at radius 2 is 1.69 bits per heavy atom. The molecule has 2 aliphatic rings. The summed E-state index contributed by atoms with van der Waals surface area (Å²) in [6.07, 6.45) is 0.872. The van der Waals surface area contributed by atoms with E-state index in [1.54, 1.807) is 0 Å². The molecule has 6 heteroatoms. The van der Waals surface area contributed by atoms with Crippen LogP contribution in [-0.2, 0) is 13.0 Å². The summed E-state index contributed by atoms with van der Waals surface area (Å²) in [5.41, 5.74) is 2.84. The van der Waals surface area contributed by atoms with E-state index < -0.39 is 17.5 Å². The van der Waals surface area contributed by atoms with E-state index in [-0.39, 0.29) is 24.2 Å². The Bertz CT molecular complexity index is 864. The molecule has 1 heterocycles. The van der Waals surface area contributed by atoms with Crippen molar-refractivity contribution in [1.82, 2.24) is 14.7 Å². The topological polar surface area (TPSA) is 9.72 Å². The number of piperazine rings is 1. The van der Waals surface area contributed by atoms with E-state index in [4.69, 9.17) is 0 Å². The molecule has 2 atom stereocenters. The van der Waals surface area contributed by atoms with Gasteiger partial charge in [-0.3, -0.25) is 9.80 Å². The van der Waals surface area contributed by atoms with Gasteiger partial charge in [0.05, 0.1) is 6.04 Å². The molecule has 1 fully saturated rings. The Balaban J connectivity index is 1.57. The van der Waals surface area contributed by atoms with Crippen LogP contribution in [0.5, 0.6) is 0 Å². The molecule has 4 rings (SSSR count). The maximum absolute atomic E-state index is 14.2. The molecule has 0 amide bonds. The van der Waals surface area contributed by atoms with Crippen LogP contribution in [0.2, 0.25) is 0 Å². The molecule has 1 saturated heterocycles. The van der Waals surface area contributed by atoms with Gasteiger partial charge in [-0.25, -0.2) is 13.2 Å². The lowest BCUT2D eigenvalue weighted by Crippen LogP contribution is -2.51. The quantitative estimate of drug-likeness (QED) is 0.703. The largest absolute Gasteiger partial charge is 0.301 e. The third-order valence-electron chi connectivity index (χ3n) is 6.52. The van der Waals surface area contributed by atoms with Crippen LogP contribution >= 0.6 is 0 Å². The highest BCUT2D eigenvalue weighted by Crippen LogP contribution is 2.39. The molecule has 29 heavy (non-hydrogen) atoms. The predicted octanol–water partition coefficient (Wildman–Crippen LogP) is 3.84. The van der Waals surface area contributed by atoms with Crippen LogP contribution in [0.15, 0.2) is 36.4 Å². The summed E-state index contributed by atoms with van der Waals surface area (Å²) in [5, 5.41) is 0. The van der Waals surface area contributed by atoms with Crippen molar-refractivity contribution in [3.8, 4) is 0 Å². The number of fused-ring (bicyclic) bond motifs is 1. The molecule has 0 saturated carbocycles. The molecule has 3 nitrogen and oxygen atoms in total. The number of halogens is 3. The summed E-state index contributed by atoms with van der Waals surface area (Å²) in [7, 11) is 1.95. The number of likely N-dealkylation sites (N-methyl/N-ethyl adjacent to an activating group) is 2. The molecule has 1 aliphatic carbocycles. The second-order valence-corrected chi connectivity index (χ2v) is 8.13. The Kier molecular flexibility index (Phi) is 5.95. The van der Waals surface area contributed by atoms with Gasteiger partial charge in [-0.15, -0.1) is 0 Å². The molecule has 0 aromatic heterocycles. The van der Waals surface area contributed by atoms with Crippen molar-refractivity contribution in [1.29, 1.82) is 0 Å². The lowest BCUT2D eigenvalue weighted by molar-refractivity contribution is 0.0540. The van der Waals surface area contributed by atoms with Gasteiger partial charge in [0.25, 0.3) is 0 Å². The zero-order valence-corrected chi connectivity index (χ0v) is 17.0. The zero-order valence-electron chi connectivity index (χ0n) is 17.0. The van der Waals surface area contributed by atoms with Gasteiger partial charge in [0.1, 0.15) is 0 Å². The van der Waals surface area contributed by atoms with E-state index in [9.17, 15) is 13.2 Å². The number of hydrogen-bond donors (Lipinski definition) is 0. The second kappa shape index (κ2) is 8.46. The third-order valence-corrected chi connectivity index (χ3v) is 6.52. The van der Waals surface area contributed by atoms with Crippen LogP contribution in [0, 0.1) is 17.5 Å². The van der Waals surface area contributed by atoms with Crippen LogP contribution in [0.3, 0.4) is 0 Å². The number of hydrogen-bond acceptors (Lipinski definition) is 3. The van der Waals surface area contributed by atoms with E-state index in [0.29, 0.717) is 0 Å². The van der Waals surface area contributed by atoms with Crippen LogP contribution in [0.1, 0.15) is 29.7 Å². The molecular weight excluding hydrogens is 375 g/mol. The van der Waals surface area contributed by atoms with Gasteiger partial charge in [0, 0.05) is 44.3 Å². The van der Waals surface area contributed by atoms with Gasteiger partial charge < -0.3 is 4.90 Å². The molecule has 0 N–H and O–H groups in total. The number of nitrogens with zero attached hydrogens (tertiary/aromatic N) is 3. The maximum Gasteiger partial charge on any atom is 0.194 e. The molecule has 1 aliphatic heterocycles. The molecule has 0 radical (unpaired) electrons. The Hall–Kier alpha value is -1.89. The highest BCUT2D eigenvalue weighted by molar-refractivity contribution is 5.37. The fourth-order valence-corrected chi connectivity index (χ4v) is 4.82. The first-order chi connectivity index (χ1) is 14.0. The first kappa shape index (κ1) is 20.4. The van der Waals surface area contributed by atoms with Crippen molar-refractivity contribution >= 4 is 0 Å². The van der Waals surface area contributed by atoms with E-state index in [1.807, 2.05) is 7.05 Å². The van der Waals surface area contributed by atoms with Crippen LogP contribution in [0.4, 0.5) is 13.2 Å². The lowest BCUT2D eigenvalue weighted by Gasteiger charge is -2.42. The van der Waals surface area contributed by atoms with Crippen molar-refractivity contribution in [2.24, 2.45) is 0 Å². The summed E-state index contributed by atoms with van der Waals surface area (Å²) in [4.78, 5) is 7.07. The summed E-state index contributed by atoms with van der Waals surface area (Å²) in [6, 6.07) is 11.2. The molecule has 156 valence electrons. The van der Waals surface area contributed by atoms with Crippen LogP contribution in [0.25, 0.3) is 0 Å². The SMILES string of the molecule is CCN1CCN(C2c3ccccc3CC2N(C)Cc2ccc(F)c(F)c2F)CC1. The smallest absolute Gasteiger partial charge is 0.194 e. The van der Waals surface area contributed by atoms with Gasteiger partial charge in [-0.05, 0) is 37.2 Å². The van der Waals surface area contributed by atoms with Crippen molar-refractivity contribution in [3.63, 3.8) is 0 Å². The van der Waals surface area contributed by atoms with Gasteiger partial charge in [-0.2, -0.15) is 0 Å². The molecule has 2 aromatic rings. The molecule has 2 unspecified atom stereocenters. The summed E-state index contributed by atoms with van der Waals surface area (Å²) in [5.74, 6) is -3.62. The van der Waals surface area contributed by atoms with E-state index in [2.05, 4.69) is 45.9 Å². The van der Waals surface area contributed by atoms with Gasteiger partial charge in [0.2, 0.25) is 0 Å². The Morgan fingerprint density at radius 1 is 0.966 bits per heavy atom. The first-order valence-electron chi connectivity index (χ1n) is 10.4. The van der Waals surface area contributed by atoms with Crippen molar-refractivity contribution in [3.05, 3.63) is 70.5 Å². The van der Waals surface area contributed by atoms with Crippen LogP contribution < -0.4 is 0 Å². The summed E-state index contributed by atoms with van der Waals surface area (Å²) in [6.45, 7) is 7.58. The summed E-state index contributed by atoms with van der Waals surface area (Å²) < 4.78 is 41.2. The average Bonchev–Trinajstić information content (AvgIpc) is 3.14. The van der Waals surface area contributed by atoms with E-state index in [1.165, 1.54) is 17.2 Å². The number of rotatable bonds is 5. The van der Waals surface area contributed by atoms with Gasteiger partial charge in [0.15, 0.2) is 17.5 Å². The average molecular weight is 403 g/mol.